The van der Waals surface area contributed by atoms with Crippen molar-refractivity contribution < 1.29 is 13.5 Å². The number of halogens is 4. The van der Waals surface area contributed by atoms with Gasteiger partial charge >= 0.3 is 0 Å². The lowest BCUT2D eigenvalue weighted by molar-refractivity contribution is -0.174. The summed E-state index contributed by atoms with van der Waals surface area (Å²) in [6.07, 6.45) is 1.46. The van der Waals surface area contributed by atoms with E-state index in [1.165, 1.54) is 17.4 Å². The fraction of sp³-hybridized carbons (Fsp3) is 0.636. The predicted octanol–water partition coefficient (Wildman–Crippen LogP) is 3.52. The summed E-state index contributed by atoms with van der Waals surface area (Å²) < 4.78 is 33.4. The summed E-state index contributed by atoms with van der Waals surface area (Å²) >= 11 is 7.13. The van der Waals surface area contributed by atoms with Crippen molar-refractivity contribution in [1.29, 1.82) is 0 Å². The Morgan fingerprint density at radius 2 is 2.00 bits per heavy atom. The third-order valence-corrected chi connectivity index (χ3v) is 4.90. The number of hydrogen-bond donors (Lipinski definition) is 1. The number of alkyl halides is 2. The highest BCUT2D eigenvalue weighted by Gasteiger charge is 2.50. The van der Waals surface area contributed by atoms with E-state index >= 15 is 0 Å². The molecule has 2 aliphatic rings. The van der Waals surface area contributed by atoms with Gasteiger partial charge in [-0.25, -0.2) is 0 Å². The number of ether oxygens (including phenoxy) is 1. The van der Waals surface area contributed by atoms with E-state index in [2.05, 4.69) is 5.32 Å². The van der Waals surface area contributed by atoms with Crippen LogP contribution in [0.1, 0.15) is 23.3 Å². The number of thiophene rings is 1. The zero-order chi connectivity index (χ0) is 12.1. The molecule has 1 fully saturated rings. The third-order valence-electron chi connectivity index (χ3n) is 3.45. The monoisotopic (exact) mass is 315 g/mol. The summed E-state index contributed by atoms with van der Waals surface area (Å²) in [4.78, 5) is 0.625. The molecule has 1 aromatic heterocycles. The lowest BCUT2D eigenvalue weighted by atomic mass is 9.85. The van der Waals surface area contributed by atoms with Crippen LogP contribution in [-0.4, -0.2) is 19.7 Å². The minimum absolute atomic E-state index is 0. The number of hydrogen-bond acceptors (Lipinski definition) is 3. The van der Waals surface area contributed by atoms with Crippen LogP contribution in [0, 0.1) is 0 Å². The van der Waals surface area contributed by atoms with E-state index in [-0.39, 0.29) is 18.0 Å². The Balaban J connectivity index is 0.00000120. The second-order valence-corrected chi connectivity index (χ2v) is 6.21. The van der Waals surface area contributed by atoms with E-state index in [1.54, 1.807) is 0 Å². The predicted molar refractivity (Wildman–Crippen MR) is 70.2 cm³/mol. The number of rotatable bonds is 0. The third kappa shape index (κ3) is 2.16. The van der Waals surface area contributed by atoms with Crippen LogP contribution < -0.4 is 5.32 Å². The molecule has 2 aliphatic heterocycles. The van der Waals surface area contributed by atoms with Gasteiger partial charge in [-0.15, -0.1) is 23.7 Å². The van der Waals surface area contributed by atoms with Gasteiger partial charge in [0.1, 0.15) is 12.2 Å². The maximum atomic E-state index is 13.8. The van der Waals surface area contributed by atoms with Crippen LogP contribution in [0.2, 0.25) is 4.34 Å². The largest absolute Gasteiger partial charge is 0.363 e. The fourth-order valence-corrected chi connectivity index (χ4v) is 4.02. The Labute approximate surface area is 119 Å². The molecule has 0 amide bonds. The Kier molecular flexibility index (Phi) is 3.91. The summed E-state index contributed by atoms with van der Waals surface area (Å²) in [5.74, 6) is -2.91. The van der Waals surface area contributed by atoms with Gasteiger partial charge in [-0.05, 0) is 32.0 Å². The molecule has 18 heavy (non-hydrogen) atoms. The van der Waals surface area contributed by atoms with Gasteiger partial charge in [0.15, 0.2) is 0 Å². The number of nitrogens with one attached hydrogen (secondary N) is 1. The van der Waals surface area contributed by atoms with E-state index in [4.69, 9.17) is 16.3 Å². The number of fused-ring (bicyclic) bond motifs is 2. The van der Waals surface area contributed by atoms with Crippen molar-refractivity contribution in [2.75, 3.05) is 19.7 Å². The van der Waals surface area contributed by atoms with Crippen molar-refractivity contribution in [2.24, 2.45) is 0 Å². The van der Waals surface area contributed by atoms with Crippen LogP contribution in [0.3, 0.4) is 0 Å². The van der Waals surface area contributed by atoms with Crippen molar-refractivity contribution >= 4 is 35.3 Å². The molecule has 3 heterocycles. The highest BCUT2D eigenvalue weighted by molar-refractivity contribution is 7.16. The van der Waals surface area contributed by atoms with Crippen LogP contribution in [0.15, 0.2) is 6.07 Å². The number of piperidine rings is 1. The molecule has 0 saturated carbocycles. The van der Waals surface area contributed by atoms with Crippen molar-refractivity contribution in [3.63, 3.8) is 0 Å². The molecule has 102 valence electrons. The molecule has 7 heteroatoms. The second-order valence-electron chi connectivity index (χ2n) is 4.53. The maximum absolute atomic E-state index is 13.8. The molecule has 0 atom stereocenters. The first-order chi connectivity index (χ1) is 8.04. The van der Waals surface area contributed by atoms with Crippen LogP contribution in [0.5, 0.6) is 0 Å². The molecule has 1 N–H and O–H groups in total. The van der Waals surface area contributed by atoms with Crippen LogP contribution in [0.25, 0.3) is 0 Å². The Morgan fingerprint density at radius 3 is 2.67 bits per heavy atom. The Bertz CT molecular complexity index is 446. The molecule has 0 bridgehead atoms. The summed E-state index contributed by atoms with van der Waals surface area (Å²) in [7, 11) is 0. The van der Waals surface area contributed by atoms with Crippen molar-refractivity contribution in [2.45, 2.75) is 24.4 Å². The highest BCUT2D eigenvalue weighted by atomic mass is 35.5. The summed E-state index contributed by atoms with van der Waals surface area (Å²) in [5.41, 5.74) is -0.472. The van der Waals surface area contributed by atoms with Gasteiger partial charge in [-0.1, -0.05) is 11.6 Å². The smallest absolute Gasteiger partial charge is 0.297 e. The SMILES string of the molecule is Cl.FC1(F)COC2(CCNCC2)c2sc(Cl)cc21. The average Bonchev–Trinajstić information content (AvgIpc) is 2.71. The first-order valence-electron chi connectivity index (χ1n) is 5.56. The second kappa shape index (κ2) is 4.87. The minimum atomic E-state index is -2.91. The van der Waals surface area contributed by atoms with E-state index < -0.39 is 18.1 Å². The zero-order valence-corrected chi connectivity index (χ0v) is 11.9. The van der Waals surface area contributed by atoms with Crippen LogP contribution >= 0.6 is 35.3 Å². The van der Waals surface area contributed by atoms with Crippen LogP contribution in [0.4, 0.5) is 8.78 Å². The van der Waals surface area contributed by atoms with Gasteiger partial charge in [0, 0.05) is 10.4 Å². The van der Waals surface area contributed by atoms with Gasteiger partial charge in [0.2, 0.25) is 0 Å². The molecule has 0 radical (unpaired) electrons. The highest BCUT2D eigenvalue weighted by Crippen LogP contribution is 2.51. The molecule has 1 spiro atoms. The lowest BCUT2D eigenvalue weighted by Gasteiger charge is -2.42. The first-order valence-corrected chi connectivity index (χ1v) is 6.76. The van der Waals surface area contributed by atoms with Gasteiger partial charge in [0.25, 0.3) is 5.92 Å². The normalized spacial score (nSPS) is 24.4. The molecule has 1 aromatic rings. The van der Waals surface area contributed by atoms with Crippen molar-refractivity contribution in [1.82, 2.24) is 5.32 Å². The average molecular weight is 316 g/mol. The minimum Gasteiger partial charge on any atom is -0.363 e. The topological polar surface area (TPSA) is 21.3 Å². The van der Waals surface area contributed by atoms with Gasteiger partial charge in [0.05, 0.1) is 4.34 Å². The van der Waals surface area contributed by atoms with E-state index in [1.807, 2.05) is 0 Å². The molecule has 3 rings (SSSR count). The van der Waals surface area contributed by atoms with Gasteiger partial charge < -0.3 is 10.1 Å². The van der Waals surface area contributed by atoms with Gasteiger partial charge in [-0.2, -0.15) is 8.78 Å². The first kappa shape index (κ1) is 14.5. The molecular weight excluding hydrogens is 303 g/mol. The molecular formula is C11H13Cl2F2NOS. The van der Waals surface area contributed by atoms with E-state index in [0.29, 0.717) is 9.21 Å². The quantitative estimate of drug-likeness (QED) is 0.791. The molecule has 2 nitrogen and oxygen atoms in total. The van der Waals surface area contributed by atoms with Gasteiger partial charge in [-0.3, -0.25) is 0 Å². The molecule has 0 unspecified atom stereocenters. The maximum Gasteiger partial charge on any atom is 0.297 e. The lowest BCUT2D eigenvalue weighted by Crippen LogP contribution is -2.47. The van der Waals surface area contributed by atoms with E-state index in [9.17, 15) is 8.78 Å². The van der Waals surface area contributed by atoms with Crippen molar-refractivity contribution in [3.8, 4) is 0 Å². The fourth-order valence-electron chi connectivity index (χ4n) is 2.55. The van der Waals surface area contributed by atoms with Crippen molar-refractivity contribution in [3.05, 3.63) is 20.8 Å². The zero-order valence-electron chi connectivity index (χ0n) is 9.47. The van der Waals surface area contributed by atoms with Crippen LogP contribution in [-0.2, 0) is 16.3 Å². The summed E-state index contributed by atoms with van der Waals surface area (Å²) in [6.45, 7) is 1.05. The molecule has 0 aromatic carbocycles. The Morgan fingerprint density at radius 1 is 1.33 bits per heavy atom. The Hall–Kier alpha value is 0.0600. The molecule has 0 aliphatic carbocycles. The summed E-state index contributed by atoms with van der Waals surface area (Å²) in [5, 5.41) is 3.22. The summed E-state index contributed by atoms with van der Waals surface area (Å²) in [6, 6.07) is 1.40. The molecule has 1 saturated heterocycles. The van der Waals surface area contributed by atoms with E-state index in [0.717, 1.165) is 25.9 Å². The standard InChI is InChI=1S/C11H12ClF2NOS.ClH/c12-8-5-7-9(17-8)10(1-3-15-4-2-10)16-6-11(7,13)14;/h5,15H,1-4,6H2;1H.